The van der Waals surface area contributed by atoms with Gasteiger partial charge in [-0.1, -0.05) is 30.3 Å². The number of amides is 3. The van der Waals surface area contributed by atoms with E-state index in [0.29, 0.717) is 50.7 Å². The second-order valence-electron chi connectivity index (χ2n) is 13.5. The topological polar surface area (TPSA) is 130 Å². The van der Waals surface area contributed by atoms with Crippen LogP contribution in [0, 0.1) is 11.8 Å². The third-order valence-electron chi connectivity index (χ3n) is 10.2. The van der Waals surface area contributed by atoms with Gasteiger partial charge in [-0.25, -0.2) is 4.79 Å². The van der Waals surface area contributed by atoms with E-state index in [1.807, 2.05) is 30.3 Å². The summed E-state index contributed by atoms with van der Waals surface area (Å²) in [6.07, 6.45) is 7.56. The van der Waals surface area contributed by atoms with Gasteiger partial charge in [0.05, 0.1) is 23.9 Å². The van der Waals surface area contributed by atoms with Gasteiger partial charge in [-0.2, -0.15) is 0 Å². The number of hydrogen-bond acceptors (Lipinski definition) is 9. The van der Waals surface area contributed by atoms with Crippen molar-refractivity contribution in [3.63, 3.8) is 0 Å². The number of benzene rings is 1. The molecule has 0 radical (unpaired) electrons. The highest BCUT2D eigenvalue weighted by Crippen LogP contribution is 2.38. The van der Waals surface area contributed by atoms with Gasteiger partial charge in [0.1, 0.15) is 17.9 Å². The number of rotatable bonds is 12. The van der Waals surface area contributed by atoms with E-state index in [4.69, 9.17) is 4.74 Å². The molecular weight excluding hydrogens is 651 g/mol. The molecular formula is C36H49N3O7S2. The fourth-order valence-electron chi connectivity index (χ4n) is 7.68. The first-order valence-electron chi connectivity index (χ1n) is 17.5. The van der Waals surface area contributed by atoms with Crippen LogP contribution in [0.25, 0.3) is 0 Å². The Kier molecular flexibility index (Phi) is 13.0. The minimum atomic E-state index is -0.739. The van der Waals surface area contributed by atoms with E-state index < -0.39 is 35.9 Å². The maximum Gasteiger partial charge on any atom is 0.328 e. The molecule has 1 aromatic carbocycles. The first-order valence-corrected chi connectivity index (χ1v) is 19.6. The van der Waals surface area contributed by atoms with Gasteiger partial charge >= 0.3 is 5.97 Å². The van der Waals surface area contributed by atoms with E-state index >= 15 is 0 Å². The van der Waals surface area contributed by atoms with Crippen LogP contribution >= 0.6 is 23.5 Å². The third kappa shape index (κ3) is 8.83. The lowest BCUT2D eigenvalue weighted by Gasteiger charge is -2.40. The molecule has 7 atom stereocenters. The van der Waals surface area contributed by atoms with E-state index in [-0.39, 0.29) is 52.9 Å². The van der Waals surface area contributed by atoms with Crippen molar-refractivity contribution >= 4 is 58.8 Å². The molecule has 48 heavy (non-hydrogen) atoms. The number of carbonyl (C=O) groups is 6. The number of nitrogens with one attached hydrogen (secondary N) is 1. The highest BCUT2D eigenvalue weighted by molar-refractivity contribution is 8.00. The first-order chi connectivity index (χ1) is 23.2. The molecule has 4 fully saturated rings. The van der Waals surface area contributed by atoms with Crippen molar-refractivity contribution in [2.24, 2.45) is 11.8 Å². The predicted molar refractivity (Wildman–Crippen MR) is 186 cm³/mol. The minimum Gasteiger partial charge on any atom is -0.467 e. The van der Waals surface area contributed by atoms with Crippen molar-refractivity contribution in [3.8, 4) is 0 Å². The number of ether oxygens (including phenoxy) is 1. The Morgan fingerprint density at radius 1 is 0.875 bits per heavy atom. The zero-order chi connectivity index (χ0) is 34.2. The molecule has 0 spiro atoms. The average Bonchev–Trinajstić information content (AvgIpc) is 3.34. The summed E-state index contributed by atoms with van der Waals surface area (Å²) >= 11 is 3.37. The van der Waals surface area contributed by atoms with Gasteiger partial charge in [0.2, 0.25) is 17.7 Å². The largest absolute Gasteiger partial charge is 0.467 e. The molecule has 0 aliphatic carbocycles. The molecule has 5 rings (SSSR count). The lowest BCUT2D eigenvalue weighted by atomic mass is 9.90. The molecule has 4 saturated heterocycles. The fourth-order valence-corrected chi connectivity index (χ4v) is 10.5. The van der Waals surface area contributed by atoms with Crippen LogP contribution in [-0.2, 0) is 39.9 Å². The molecule has 4 heterocycles. The summed E-state index contributed by atoms with van der Waals surface area (Å²) in [6.45, 7) is 1.55. The number of thioether (sulfide) groups is 2. The molecule has 3 amide bonds. The summed E-state index contributed by atoms with van der Waals surface area (Å²) in [5, 5.41) is 2.92. The number of Topliss-reactive ketones (excluding diaryl/α,β-unsaturated/α-hetero) is 2. The smallest absolute Gasteiger partial charge is 0.328 e. The zero-order valence-corrected chi connectivity index (χ0v) is 29.7. The Bertz CT molecular complexity index is 1340. The van der Waals surface area contributed by atoms with Crippen molar-refractivity contribution in [1.82, 2.24) is 15.1 Å². The molecule has 1 N–H and O–H groups in total. The number of fused-ring (bicyclic) bond motifs is 2. The van der Waals surface area contributed by atoms with Crippen LogP contribution in [0.2, 0.25) is 0 Å². The van der Waals surface area contributed by atoms with Crippen molar-refractivity contribution in [2.45, 2.75) is 119 Å². The van der Waals surface area contributed by atoms with E-state index in [1.165, 1.54) is 7.11 Å². The number of ketones is 2. The van der Waals surface area contributed by atoms with Crippen LogP contribution in [0.3, 0.4) is 0 Å². The lowest BCUT2D eigenvalue weighted by Crippen LogP contribution is -2.57. The van der Waals surface area contributed by atoms with Gasteiger partial charge < -0.3 is 19.9 Å². The maximum absolute atomic E-state index is 13.9. The van der Waals surface area contributed by atoms with Crippen LogP contribution in [0.15, 0.2) is 30.3 Å². The van der Waals surface area contributed by atoms with Crippen LogP contribution < -0.4 is 5.32 Å². The fraction of sp³-hybridized carbons (Fsp3) is 0.667. The summed E-state index contributed by atoms with van der Waals surface area (Å²) in [5.74, 6) is -0.386. The van der Waals surface area contributed by atoms with Gasteiger partial charge in [0.15, 0.2) is 5.78 Å². The lowest BCUT2D eigenvalue weighted by molar-refractivity contribution is -0.156. The SMILES string of the molecule is COC(=O)[C@@H]1CCC[C@@H]2SCC[C@H](NC(=O)[C@H](CCCC(=O)C[C@H]3CCS[C@H]4CCC[C@@H](C(C)=O)N4C3=O)Cc3ccccc3)C(=O)N21. The molecule has 4 aliphatic heterocycles. The van der Waals surface area contributed by atoms with Crippen molar-refractivity contribution in [1.29, 1.82) is 0 Å². The number of hydrogen-bond donors (Lipinski definition) is 1. The molecule has 4 aliphatic rings. The highest BCUT2D eigenvalue weighted by atomic mass is 32.2. The summed E-state index contributed by atoms with van der Waals surface area (Å²) in [7, 11) is 1.33. The zero-order valence-electron chi connectivity index (χ0n) is 28.1. The molecule has 262 valence electrons. The molecule has 0 saturated carbocycles. The monoisotopic (exact) mass is 699 g/mol. The van der Waals surface area contributed by atoms with Gasteiger partial charge in [-0.05, 0) is 94.6 Å². The predicted octanol–water partition coefficient (Wildman–Crippen LogP) is 4.53. The van der Waals surface area contributed by atoms with Gasteiger partial charge in [-0.3, -0.25) is 24.0 Å². The Morgan fingerprint density at radius 2 is 1.52 bits per heavy atom. The number of carbonyl (C=O) groups excluding carboxylic acids is 6. The number of methoxy groups -OCH3 is 1. The summed E-state index contributed by atoms with van der Waals surface area (Å²) < 4.78 is 5.02. The molecule has 0 aromatic heterocycles. The normalized spacial score (nSPS) is 28.3. The van der Waals surface area contributed by atoms with Crippen LogP contribution in [0.1, 0.15) is 89.5 Å². The van der Waals surface area contributed by atoms with Crippen molar-refractivity contribution in [3.05, 3.63) is 35.9 Å². The number of piperidine rings is 2. The molecule has 0 bridgehead atoms. The second kappa shape index (κ2) is 17.2. The molecule has 12 heteroatoms. The standard InChI is InChI=1S/C36H49N3O7S2/c1-23(40)29-13-7-15-31-38(29)34(43)26(17-19-47-31)22-27(41)12-6-11-25(21-24-9-4-3-5-10-24)33(42)37-28-18-20-48-32-16-8-14-30(36(45)46-2)39(32)35(28)44/h3-5,9-10,25-26,28-32H,6-8,11-22H2,1-2H3,(H,37,42)/t25-,26-,28+,29+,30+,31+,32+/m1/s1. The van der Waals surface area contributed by atoms with Crippen molar-refractivity contribution in [2.75, 3.05) is 18.6 Å². The second-order valence-corrected chi connectivity index (χ2v) is 16.1. The Balaban J connectivity index is 1.21. The number of nitrogens with zero attached hydrogens (tertiary/aromatic N) is 2. The van der Waals surface area contributed by atoms with Gasteiger partial charge in [0, 0.05) is 24.7 Å². The Hall–Kier alpha value is -2.86. The van der Waals surface area contributed by atoms with E-state index in [1.54, 1.807) is 40.2 Å². The molecule has 0 unspecified atom stereocenters. The van der Waals surface area contributed by atoms with Gasteiger partial charge in [0.25, 0.3) is 0 Å². The minimum absolute atomic E-state index is 0.00333. The Labute approximate surface area is 292 Å². The van der Waals surface area contributed by atoms with Crippen LogP contribution in [-0.4, -0.2) is 92.5 Å². The Morgan fingerprint density at radius 3 is 2.19 bits per heavy atom. The molecule has 10 nitrogen and oxygen atoms in total. The van der Waals surface area contributed by atoms with Crippen molar-refractivity contribution < 1.29 is 33.5 Å². The van der Waals surface area contributed by atoms with Crippen LogP contribution in [0.5, 0.6) is 0 Å². The third-order valence-corrected chi connectivity index (χ3v) is 12.9. The number of esters is 1. The first kappa shape index (κ1) is 36.4. The van der Waals surface area contributed by atoms with E-state index in [0.717, 1.165) is 37.0 Å². The van der Waals surface area contributed by atoms with E-state index in [2.05, 4.69) is 5.32 Å². The highest BCUT2D eigenvalue weighted by Gasteiger charge is 2.44. The van der Waals surface area contributed by atoms with Crippen LogP contribution in [0.4, 0.5) is 0 Å². The summed E-state index contributed by atoms with van der Waals surface area (Å²) in [6, 6.07) is 7.92. The maximum atomic E-state index is 13.9. The summed E-state index contributed by atoms with van der Waals surface area (Å²) in [5.41, 5.74) is 0.992. The summed E-state index contributed by atoms with van der Waals surface area (Å²) in [4.78, 5) is 82.9. The quantitative estimate of drug-likeness (QED) is 0.313. The molecule has 1 aromatic rings. The average molecular weight is 700 g/mol. The van der Waals surface area contributed by atoms with E-state index in [9.17, 15) is 28.8 Å². The van der Waals surface area contributed by atoms with Gasteiger partial charge in [-0.15, -0.1) is 23.5 Å².